The van der Waals surface area contributed by atoms with E-state index in [1.807, 2.05) is 62.4 Å². The standard InChI is InChI=1S/C30H34N4O5/c1-4-12-24-26(30(37)38-5-2)27(32-28(31-24)22-13-8-6-9-14-22)29(36)33-17-18-34(21(3)19-33)25(35)20-39-23-15-10-7-11-16-23/h6-11,13-16,21H,4-5,12,17-20H2,1-3H3. The Bertz CT molecular complexity index is 1300. The summed E-state index contributed by atoms with van der Waals surface area (Å²) in [5.74, 6) is -0.127. The zero-order valence-corrected chi connectivity index (χ0v) is 22.6. The summed E-state index contributed by atoms with van der Waals surface area (Å²) in [5.41, 5.74) is 1.39. The summed E-state index contributed by atoms with van der Waals surface area (Å²) in [6.07, 6.45) is 1.23. The van der Waals surface area contributed by atoms with Crippen LogP contribution in [0.4, 0.5) is 0 Å². The summed E-state index contributed by atoms with van der Waals surface area (Å²) < 4.78 is 10.9. The maximum atomic E-state index is 13.9. The van der Waals surface area contributed by atoms with E-state index < -0.39 is 5.97 Å². The van der Waals surface area contributed by atoms with Crippen LogP contribution in [0, 0.1) is 0 Å². The highest BCUT2D eigenvalue weighted by atomic mass is 16.5. The Morgan fingerprint density at radius 2 is 1.64 bits per heavy atom. The molecule has 204 valence electrons. The lowest BCUT2D eigenvalue weighted by Crippen LogP contribution is -2.56. The summed E-state index contributed by atoms with van der Waals surface area (Å²) >= 11 is 0. The molecule has 0 spiro atoms. The van der Waals surface area contributed by atoms with Crippen LogP contribution in [0.2, 0.25) is 0 Å². The van der Waals surface area contributed by atoms with Crippen LogP contribution < -0.4 is 4.74 Å². The van der Waals surface area contributed by atoms with Crippen molar-refractivity contribution in [2.24, 2.45) is 0 Å². The molecule has 0 saturated carbocycles. The molecule has 1 unspecified atom stereocenters. The molecule has 0 radical (unpaired) electrons. The Balaban J connectivity index is 1.58. The number of esters is 1. The van der Waals surface area contributed by atoms with E-state index in [0.717, 1.165) is 12.0 Å². The number of hydrogen-bond acceptors (Lipinski definition) is 7. The summed E-state index contributed by atoms with van der Waals surface area (Å²) in [4.78, 5) is 52.5. The lowest BCUT2D eigenvalue weighted by Gasteiger charge is -2.39. The predicted molar refractivity (Wildman–Crippen MR) is 146 cm³/mol. The topological polar surface area (TPSA) is 102 Å². The maximum Gasteiger partial charge on any atom is 0.342 e. The van der Waals surface area contributed by atoms with Gasteiger partial charge in [0, 0.05) is 31.2 Å². The fourth-order valence-electron chi connectivity index (χ4n) is 4.62. The van der Waals surface area contributed by atoms with Gasteiger partial charge in [0.05, 0.1) is 12.3 Å². The van der Waals surface area contributed by atoms with E-state index in [2.05, 4.69) is 9.97 Å². The first-order valence-electron chi connectivity index (χ1n) is 13.3. The average molecular weight is 531 g/mol. The Hall–Kier alpha value is -4.27. The van der Waals surface area contributed by atoms with Crippen LogP contribution in [-0.2, 0) is 16.0 Å². The third-order valence-electron chi connectivity index (χ3n) is 6.53. The monoisotopic (exact) mass is 530 g/mol. The van der Waals surface area contributed by atoms with E-state index >= 15 is 0 Å². The molecule has 1 aliphatic heterocycles. The van der Waals surface area contributed by atoms with E-state index in [9.17, 15) is 14.4 Å². The minimum Gasteiger partial charge on any atom is -0.484 e. The molecule has 1 aliphatic rings. The van der Waals surface area contributed by atoms with Gasteiger partial charge >= 0.3 is 5.97 Å². The Kier molecular flexibility index (Phi) is 9.25. The molecule has 0 bridgehead atoms. The maximum absolute atomic E-state index is 13.9. The molecule has 0 aliphatic carbocycles. The third-order valence-corrected chi connectivity index (χ3v) is 6.53. The molecular weight excluding hydrogens is 496 g/mol. The van der Waals surface area contributed by atoms with E-state index in [1.165, 1.54) is 0 Å². The number of aryl methyl sites for hydroxylation is 1. The highest BCUT2D eigenvalue weighted by Gasteiger charge is 2.34. The molecule has 9 nitrogen and oxygen atoms in total. The van der Waals surface area contributed by atoms with Gasteiger partial charge in [0.1, 0.15) is 17.0 Å². The van der Waals surface area contributed by atoms with Crippen molar-refractivity contribution in [2.75, 3.05) is 32.8 Å². The first-order valence-corrected chi connectivity index (χ1v) is 13.3. The number of hydrogen-bond donors (Lipinski definition) is 0. The van der Waals surface area contributed by atoms with Crippen molar-refractivity contribution in [2.45, 2.75) is 39.7 Å². The molecule has 1 aromatic heterocycles. The van der Waals surface area contributed by atoms with Crippen LogP contribution in [0.15, 0.2) is 60.7 Å². The Labute approximate surface area is 228 Å². The molecule has 39 heavy (non-hydrogen) atoms. The van der Waals surface area contributed by atoms with Gasteiger partial charge in [0.25, 0.3) is 11.8 Å². The molecule has 0 N–H and O–H groups in total. The van der Waals surface area contributed by atoms with Gasteiger partial charge in [-0.1, -0.05) is 61.9 Å². The SMILES string of the molecule is CCCc1nc(-c2ccccc2)nc(C(=O)N2CCN(C(=O)COc3ccccc3)C(C)C2)c1C(=O)OCC. The molecule has 2 heterocycles. The predicted octanol–water partition coefficient (Wildman–Crippen LogP) is 4.02. The van der Waals surface area contributed by atoms with Crippen molar-refractivity contribution >= 4 is 17.8 Å². The fraction of sp³-hybridized carbons (Fsp3) is 0.367. The lowest BCUT2D eigenvalue weighted by atomic mass is 10.0. The van der Waals surface area contributed by atoms with Crippen LogP contribution in [0.3, 0.4) is 0 Å². The van der Waals surface area contributed by atoms with Gasteiger partial charge < -0.3 is 19.3 Å². The normalized spacial score (nSPS) is 15.1. The number of amides is 2. The molecular formula is C30H34N4O5. The number of benzene rings is 2. The zero-order chi connectivity index (χ0) is 27.8. The fourth-order valence-corrected chi connectivity index (χ4v) is 4.62. The average Bonchev–Trinajstić information content (AvgIpc) is 2.96. The Morgan fingerprint density at radius 3 is 2.28 bits per heavy atom. The minimum atomic E-state index is -0.608. The van der Waals surface area contributed by atoms with Crippen LogP contribution >= 0.6 is 0 Å². The lowest BCUT2D eigenvalue weighted by molar-refractivity contribution is -0.137. The number of para-hydroxylation sites is 1. The zero-order valence-electron chi connectivity index (χ0n) is 22.6. The number of carbonyl (C=O) groups is 3. The first-order chi connectivity index (χ1) is 18.9. The van der Waals surface area contributed by atoms with Crippen molar-refractivity contribution < 1.29 is 23.9 Å². The van der Waals surface area contributed by atoms with Gasteiger partial charge in [0.15, 0.2) is 12.4 Å². The summed E-state index contributed by atoms with van der Waals surface area (Å²) in [6.45, 7) is 6.63. The number of aromatic nitrogens is 2. The van der Waals surface area contributed by atoms with Gasteiger partial charge in [-0.25, -0.2) is 14.8 Å². The Morgan fingerprint density at radius 1 is 0.949 bits per heavy atom. The third kappa shape index (κ3) is 6.60. The summed E-state index contributed by atoms with van der Waals surface area (Å²) in [7, 11) is 0. The number of rotatable bonds is 9. The van der Waals surface area contributed by atoms with Gasteiger partial charge in [-0.15, -0.1) is 0 Å². The molecule has 4 rings (SSSR count). The van der Waals surface area contributed by atoms with Crippen molar-refractivity contribution in [1.29, 1.82) is 0 Å². The molecule has 1 fully saturated rings. The number of carbonyl (C=O) groups excluding carboxylic acids is 3. The smallest absolute Gasteiger partial charge is 0.342 e. The largest absolute Gasteiger partial charge is 0.484 e. The van der Waals surface area contributed by atoms with Crippen molar-refractivity contribution in [3.8, 4) is 17.1 Å². The van der Waals surface area contributed by atoms with Gasteiger partial charge in [-0.3, -0.25) is 9.59 Å². The van der Waals surface area contributed by atoms with Gasteiger partial charge in [0.2, 0.25) is 0 Å². The van der Waals surface area contributed by atoms with Gasteiger partial charge in [-0.05, 0) is 32.4 Å². The molecule has 1 atom stereocenters. The summed E-state index contributed by atoms with van der Waals surface area (Å²) in [6, 6.07) is 18.3. The molecule has 3 aromatic rings. The molecule has 2 aromatic carbocycles. The molecule has 9 heteroatoms. The number of ether oxygens (including phenoxy) is 2. The first kappa shape index (κ1) is 27.8. The van der Waals surface area contributed by atoms with Crippen LogP contribution in [-0.4, -0.2) is 76.4 Å². The van der Waals surface area contributed by atoms with E-state index in [4.69, 9.17) is 9.47 Å². The van der Waals surface area contributed by atoms with E-state index in [0.29, 0.717) is 43.3 Å². The highest BCUT2D eigenvalue weighted by molar-refractivity contribution is 6.05. The van der Waals surface area contributed by atoms with Crippen LogP contribution in [0.5, 0.6) is 5.75 Å². The summed E-state index contributed by atoms with van der Waals surface area (Å²) in [5, 5.41) is 0. The van der Waals surface area contributed by atoms with Crippen LogP contribution in [0.1, 0.15) is 53.7 Å². The second-order valence-corrected chi connectivity index (χ2v) is 9.34. The van der Waals surface area contributed by atoms with E-state index in [1.54, 1.807) is 28.9 Å². The number of piperazine rings is 1. The number of nitrogens with zero attached hydrogens (tertiary/aromatic N) is 4. The second kappa shape index (κ2) is 13.0. The van der Waals surface area contributed by atoms with Crippen LogP contribution in [0.25, 0.3) is 11.4 Å². The second-order valence-electron chi connectivity index (χ2n) is 9.34. The molecule has 2 amide bonds. The van der Waals surface area contributed by atoms with Crippen molar-refractivity contribution in [1.82, 2.24) is 19.8 Å². The quantitative estimate of drug-likeness (QED) is 0.385. The van der Waals surface area contributed by atoms with Gasteiger partial charge in [-0.2, -0.15) is 0 Å². The minimum absolute atomic E-state index is 0.0325. The highest BCUT2D eigenvalue weighted by Crippen LogP contribution is 2.24. The van der Waals surface area contributed by atoms with Crippen molar-refractivity contribution in [3.05, 3.63) is 77.6 Å². The van der Waals surface area contributed by atoms with E-state index in [-0.39, 0.29) is 42.3 Å². The molecule has 1 saturated heterocycles. The van der Waals surface area contributed by atoms with Crippen molar-refractivity contribution in [3.63, 3.8) is 0 Å².